The van der Waals surface area contributed by atoms with Crippen molar-refractivity contribution in [2.45, 2.75) is 75.9 Å². The van der Waals surface area contributed by atoms with Crippen LogP contribution in [-0.2, 0) is 37.0 Å². The van der Waals surface area contributed by atoms with Crippen molar-refractivity contribution in [3.05, 3.63) is 154 Å². The third-order valence-corrected chi connectivity index (χ3v) is 13.3. The van der Waals surface area contributed by atoms with Gasteiger partial charge >= 0.3 is 6.09 Å². The molecule has 0 aromatic heterocycles. The van der Waals surface area contributed by atoms with Crippen LogP contribution in [0.3, 0.4) is 0 Å². The summed E-state index contributed by atoms with van der Waals surface area (Å²) < 4.78 is 38.5. The van der Waals surface area contributed by atoms with Gasteiger partial charge in [-0.2, -0.15) is 0 Å². The standard InChI is InChI=1S/C55H65N3O14/c1-2-27-69-55-51(57(23-28-66-29-26-61)54(63)68-31-30-67-37-39-11-4-3-5-12-39)35-49(56-70-38-40-17-19-43(20-18-40)58(64)65)47-33-42(14-6-8-24-59)46(16-7-9-25-60)52(53(47)55)48-34-45(21-22-50(48)72-55)71-44-15-10-13-41(32-44)36-62/h2-5,10-13,15,17-22,32-34,36,42,46,51-53,59-61H,1,6-9,14,16,23-31,35,37-38H2/t42-,46+,51-,52+,53+,55+/m0/s1. The largest absolute Gasteiger partial charge is 0.459 e. The Hall–Kier alpha value is -6.47. The predicted octanol–water partition coefficient (Wildman–Crippen LogP) is 8.70. The fourth-order valence-electron chi connectivity index (χ4n) is 10.1. The number of non-ortho nitro benzene ring substituents is 1. The van der Waals surface area contributed by atoms with Crippen LogP contribution >= 0.6 is 0 Å². The summed E-state index contributed by atoms with van der Waals surface area (Å²) in [6.45, 7) is 4.22. The third-order valence-electron chi connectivity index (χ3n) is 13.3. The van der Waals surface area contributed by atoms with Crippen LogP contribution in [-0.4, -0.2) is 114 Å². The Morgan fingerprint density at radius 2 is 1.61 bits per heavy atom. The topological polar surface area (TPSA) is 218 Å². The molecule has 17 heteroatoms. The molecule has 1 saturated carbocycles. The molecule has 6 atom stereocenters. The van der Waals surface area contributed by atoms with Gasteiger partial charge in [-0.3, -0.25) is 19.8 Å². The highest BCUT2D eigenvalue weighted by molar-refractivity contribution is 6.03. The highest BCUT2D eigenvalue weighted by Gasteiger charge is 2.65. The van der Waals surface area contributed by atoms with Crippen LogP contribution in [0.5, 0.6) is 17.2 Å². The molecule has 1 fully saturated rings. The second-order valence-corrected chi connectivity index (χ2v) is 17.9. The molecule has 4 aromatic rings. The van der Waals surface area contributed by atoms with E-state index in [1.807, 2.05) is 42.5 Å². The first-order valence-electron chi connectivity index (χ1n) is 24.6. The highest BCUT2D eigenvalue weighted by atomic mass is 16.7. The molecular formula is C55H65N3O14. The van der Waals surface area contributed by atoms with Crippen LogP contribution in [0.2, 0.25) is 0 Å². The first kappa shape index (κ1) is 53.3. The number of oxime groups is 1. The second-order valence-electron chi connectivity index (χ2n) is 17.9. The van der Waals surface area contributed by atoms with Crippen molar-refractivity contribution < 1.29 is 63.1 Å². The van der Waals surface area contributed by atoms with E-state index in [4.69, 9.17) is 38.4 Å². The number of aliphatic hydroxyl groups excluding tert-OH is 3. The number of aldehydes is 1. The number of carbonyl (C=O) groups excluding carboxylic acids is 2. The van der Waals surface area contributed by atoms with E-state index in [1.165, 1.54) is 17.0 Å². The van der Waals surface area contributed by atoms with Gasteiger partial charge in [-0.25, -0.2) is 4.79 Å². The summed E-state index contributed by atoms with van der Waals surface area (Å²) in [4.78, 5) is 45.2. The van der Waals surface area contributed by atoms with Gasteiger partial charge in [0.1, 0.15) is 42.8 Å². The highest BCUT2D eigenvalue weighted by Crippen LogP contribution is 2.62. The molecule has 1 aliphatic heterocycles. The number of hydrogen-bond acceptors (Lipinski definition) is 15. The van der Waals surface area contributed by atoms with Crippen LogP contribution in [0, 0.1) is 27.9 Å². The molecule has 0 spiro atoms. The maximum atomic E-state index is 14.8. The number of carbonyl (C=O) groups is 2. The lowest BCUT2D eigenvalue weighted by molar-refractivity contribution is -0.384. The first-order valence-corrected chi connectivity index (χ1v) is 24.6. The zero-order chi connectivity index (χ0) is 50.7. The SMILES string of the molecule is C=CCO[C@@]12Oc3ccc(Oc4cccc(C=O)c4)cc3[C@H]3[C@H](CCCCO)[C@@H](CCCCO)C=C(C(=NOCc4ccc([N+](=O)[O-])cc4)C[C@@H]1N(CCOCCO)C(=O)OCCOCc1ccccc1)[C@H]32. The maximum Gasteiger partial charge on any atom is 0.410 e. The fraction of sp³-hybridized carbons (Fsp3) is 0.436. The lowest BCUT2D eigenvalue weighted by Crippen LogP contribution is -2.70. The average molecular weight is 992 g/mol. The number of nitrogens with zero attached hydrogens (tertiary/aromatic N) is 3. The molecule has 0 bridgehead atoms. The van der Waals surface area contributed by atoms with E-state index < -0.39 is 28.8 Å². The van der Waals surface area contributed by atoms with Crippen molar-refractivity contribution in [3.8, 4) is 17.2 Å². The van der Waals surface area contributed by atoms with Crippen LogP contribution < -0.4 is 9.47 Å². The lowest BCUT2D eigenvalue weighted by atomic mass is 9.55. The minimum absolute atomic E-state index is 0.00645. The number of nitro groups is 1. The lowest BCUT2D eigenvalue weighted by Gasteiger charge is -2.59. The van der Waals surface area contributed by atoms with Crippen molar-refractivity contribution in [1.82, 2.24) is 4.90 Å². The number of unbranched alkanes of at least 4 members (excludes halogenated alkanes) is 2. The monoisotopic (exact) mass is 991 g/mol. The van der Waals surface area contributed by atoms with Gasteiger partial charge in [-0.05, 0) is 96.7 Å². The van der Waals surface area contributed by atoms with Crippen molar-refractivity contribution >= 4 is 23.8 Å². The van der Waals surface area contributed by atoms with Gasteiger partial charge in [-0.1, -0.05) is 72.6 Å². The Balaban J connectivity index is 1.37. The molecule has 1 heterocycles. The van der Waals surface area contributed by atoms with E-state index in [-0.39, 0.29) is 95.9 Å². The van der Waals surface area contributed by atoms with E-state index in [0.29, 0.717) is 66.4 Å². The molecule has 3 N–H and O–H groups in total. The van der Waals surface area contributed by atoms with Crippen LogP contribution in [0.15, 0.2) is 127 Å². The number of nitro benzene ring substituents is 1. The number of amides is 1. The van der Waals surface area contributed by atoms with E-state index in [0.717, 1.165) is 35.8 Å². The van der Waals surface area contributed by atoms with Crippen LogP contribution in [0.1, 0.15) is 77.9 Å². The van der Waals surface area contributed by atoms with Gasteiger partial charge in [0.05, 0.1) is 56.2 Å². The Labute approximate surface area is 419 Å². The molecular weight excluding hydrogens is 927 g/mol. The Kier molecular flexibility index (Phi) is 19.9. The molecule has 4 aromatic carbocycles. The molecule has 17 nitrogen and oxygen atoms in total. The summed E-state index contributed by atoms with van der Waals surface area (Å²) in [6.07, 6.45) is 7.95. The van der Waals surface area contributed by atoms with Gasteiger partial charge in [0, 0.05) is 55.4 Å². The second kappa shape index (κ2) is 26.8. The summed E-state index contributed by atoms with van der Waals surface area (Å²) in [7, 11) is 0. The fourth-order valence-corrected chi connectivity index (χ4v) is 10.1. The Morgan fingerprint density at radius 3 is 2.35 bits per heavy atom. The molecule has 1 amide bonds. The van der Waals surface area contributed by atoms with Crippen LogP contribution in [0.4, 0.5) is 10.5 Å². The molecule has 2 aliphatic carbocycles. The zero-order valence-corrected chi connectivity index (χ0v) is 40.5. The minimum atomic E-state index is -1.62. The number of ether oxygens (including phenoxy) is 6. The molecule has 72 heavy (non-hydrogen) atoms. The third kappa shape index (κ3) is 13.3. The van der Waals surface area contributed by atoms with Gasteiger partial charge in [0.25, 0.3) is 5.69 Å². The number of rotatable bonds is 29. The molecule has 0 unspecified atom stereocenters. The van der Waals surface area contributed by atoms with Crippen molar-refractivity contribution in [2.24, 2.45) is 22.9 Å². The average Bonchev–Trinajstić information content (AvgIpc) is 3.39. The number of hydrogen-bond donors (Lipinski definition) is 3. The molecule has 3 aliphatic rings. The summed E-state index contributed by atoms with van der Waals surface area (Å²) in [5.74, 6) is -1.39. The van der Waals surface area contributed by atoms with Gasteiger partial charge in [-0.15, -0.1) is 6.58 Å². The van der Waals surface area contributed by atoms with Crippen molar-refractivity contribution in [2.75, 3.05) is 59.4 Å². The van der Waals surface area contributed by atoms with Crippen LogP contribution in [0.25, 0.3) is 0 Å². The van der Waals surface area contributed by atoms with Crippen molar-refractivity contribution in [3.63, 3.8) is 0 Å². The summed E-state index contributed by atoms with van der Waals surface area (Å²) in [5.41, 5.74) is 4.12. The van der Waals surface area contributed by atoms with Gasteiger partial charge in [0.15, 0.2) is 0 Å². The zero-order valence-electron chi connectivity index (χ0n) is 40.5. The summed E-state index contributed by atoms with van der Waals surface area (Å²) in [5, 5.41) is 46.0. The van der Waals surface area contributed by atoms with E-state index in [1.54, 1.807) is 48.5 Å². The normalized spacial score (nSPS) is 21.3. The van der Waals surface area contributed by atoms with Gasteiger partial charge in [0.2, 0.25) is 5.79 Å². The number of aliphatic hydroxyl groups is 3. The quantitative estimate of drug-likeness (QED) is 0.0152. The Bertz CT molecular complexity index is 2470. The molecule has 7 rings (SSSR count). The summed E-state index contributed by atoms with van der Waals surface area (Å²) in [6, 6.07) is 27.1. The molecule has 384 valence electrons. The predicted molar refractivity (Wildman–Crippen MR) is 267 cm³/mol. The number of benzene rings is 4. The van der Waals surface area contributed by atoms with E-state index >= 15 is 0 Å². The maximum absolute atomic E-state index is 14.8. The molecule has 0 radical (unpaired) electrons. The number of allylic oxidation sites excluding steroid dienone is 1. The van der Waals surface area contributed by atoms with Crippen molar-refractivity contribution in [1.29, 1.82) is 0 Å². The first-order chi connectivity index (χ1) is 35.2. The van der Waals surface area contributed by atoms with Gasteiger partial charge < -0.3 is 48.6 Å². The van der Waals surface area contributed by atoms with E-state index in [2.05, 4.69) is 12.7 Å². The summed E-state index contributed by atoms with van der Waals surface area (Å²) >= 11 is 0. The smallest absolute Gasteiger partial charge is 0.410 e. The molecule has 0 saturated heterocycles. The minimum Gasteiger partial charge on any atom is -0.459 e. The number of fused-ring (bicyclic) bond motifs is 2. The Morgan fingerprint density at radius 1 is 0.847 bits per heavy atom. The van der Waals surface area contributed by atoms with E-state index in [9.17, 15) is 35.0 Å².